The van der Waals surface area contributed by atoms with Crippen molar-refractivity contribution in [3.05, 3.63) is 42.0 Å². The fraction of sp³-hybridized carbons (Fsp3) is 0.711. The van der Waals surface area contributed by atoms with Gasteiger partial charge in [0.1, 0.15) is 29.5 Å². The zero-order valence-electron chi connectivity index (χ0n) is 30.9. The van der Waals surface area contributed by atoms with Crippen LogP contribution < -0.4 is 0 Å². The molecule has 2 aliphatic rings. The van der Waals surface area contributed by atoms with Gasteiger partial charge in [0.15, 0.2) is 12.1 Å². The van der Waals surface area contributed by atoms with E-state index in [4.69, 9.17) is 18.9 Å². The topological polar surface area (TPSA) is 152 Å². The van der Waals surface area contributed by atoms with Gasteiger partial charge in [-0.1, -0.05) is 70.2 Å². The predicted molar refractivity (Wildman–Crippen MR) is 185 cm³/mol. The van der Waals surface area contributed by atoms with Crippen molar-refractivity contribution in [3.63, 3.8) is 0 Å². The molecule has 0 radical (unpaired) electrons. The lowest BCUT2D eigenvalue weighted by atomic mass is 9.74. The summed E-state index contributed by atoms with van der Waals surface area (Å²) in [7, 11) is 3.72. The van der Waals surface area contributed by atoms with E-state index in [1.165, 1.54) is 20.8 Å². The summed E-state index contributed by atoms with van der Waals surface area (Å²) in [5, 5.41) is 34.2. The first-order valence-electron chi connectivity index (χ1n) is 17.5. The first-order chi connectivity index (χ1) is 22.8. The van der Waals surface area contributed by atoms with Gasteiger partial charge in [-0.05, 0) is 66.6 Å². The summed E-state index contributed by atoms with van der Waals surface area (Å²) in [5.41, 5.74) is -2.37. The molecule has 1 aromatic carbocycles. The lowest BCUT2D eigenvalue weighted by Gasteiger charge is -2.47. The van der Waals surface area contributed by atoms with Crippen molar-refractivity contribution >= 4 is 23.6 Å². The Bertz CT molecular complexity index is 1280. The molecule has 0 unspecified atom stereocenters. The number of benzene rings is 1. The van der Waals surface area contributed by atoms with E-state index in [1.807, 2.05) is 68.4 Å². The Morgan fingerprint density at radius 1 is 0.980 bits per heavy atom. The van der Waals surface area contributed by atoms with Crippen molar-refractivity contribution in [2.45, 2.75) is 129 Å². The Labute approximate surface area is 291 Å². The highest BCUT2D eigenvalue weighted by Crippen LogP contribution is 2.38. The summed E-state index contributed by atoms with van der Waals surface area (Å²) in [6, 6.07) is 9.36. The van der Waals surface area contributed by atoms with Crippen molar-refractivity contribution in [2.24, 2.45) is 23.7 Å². The minimum Gasteiger partial charge on any atom is -0.459 e. The molecule has 276 valence electrons. The average Bonchev–Trinajstić information content (AvgIpc) is 3.06. The Hall–Kier alpha value is -2.51. The number of nitrogens with zero attached hydrogens (tertiary/aromatic N) is 1. The number of carbonyl (C=O) groups is 3. The van der Waals surface area contributed by atoms with E-state index in [9.17, 15) is 29.7 Å². The van der Waals surface area contributed by atoms with Gasteiger partial charge in [0.05, 0.1) is 30.5 Å². The molecule has 2 heterocycles. The third-order valence-electron chi connectivity index (χ3n) is 10.5. The third-order valence-corrected chi connectivity index (χ3v) is 10.5. The number of esters is 1. The summed E-state index contributed by atoms with van der Waals surface area (Å²) in [6.07, 6.45) is -1.88. The van der Waals surface area contributed by atoms with Crippen LogP contribution >= 0.6 is 0 Å². The highest BCUT2D eigenvalue weighted by Gasteiger charge is 2.52. The second-order valence-corrected chi connectivity index (χ2v) is 14.8. The average molecular weight is 690 g/mol. The lowest BCUT2D eigenvalue weighted by Crippen LogP contribution is -2.60. The van der Waals surface area contributed by atoms with Gasteiger partial charge in [0.2, 0.25) is 0 Å². The molecule has 3 N–H and O–H groups in total. The molecule has 0 aromatic heterocycles. The van der Waals surface area contributed by atoms with E-state index in [1.54, 1.807) is 27.7 Å². The van der Waals surface area contributed by atoms with Gasteiger partial charge in [-0.2, -0.15) is 0 Å². The second-order valence-electron chi connectivity index (χ2n) is 14.8. The number of aliphatic hydroxyl groups is 3. The van der Waals surface area contributed by atoms with E-state index < -0.39 is 77.3 Å². The SMILES string of the molecule is CC[C@H]1OC(=O)[C@H](C)C(=O)[C@H](C)[C@@H](O[C@@H]2O[C@H](C)C[C@H](N(C)C)[C@H]2O)[C@@](C)(OC/C=C/c2ccccc2)C[C@@H](C)C(=O)[C@H](C)[C@@H](O)[C@]1(C)O. The standard InChI is InChI=1S/C38H59NO10/c1-11-29-38(8,45)33(43)24(4)30(40)22(2)21-37(7,46-19-15-18-27-16-13-12-14-17-27)34(25(5)31(41)26(6)35(44)48-29)49-36-32(42)28(39(9)10)20-23(3)47-36/h12-18,22-26,28-29,32-34,36,42-43,45H,11,19-21H2,1-10H3/b18-15+/t22-,23-,24+,25+,26-,28+,29-,32-,33-,34-,36+,37+,38-/m1/s1. The van der Waals surface area contributed by atoms with E-state index in [-0.39, 0.29) is 37.4 Å². The van der Waals surface area contributed by atoms with E-state index in [2.05, 4.69) is 0 Å². The smallest absolute Gasteiger partial charge is 0.316 e. The molecule has 11 nitrogen and oxygen atoms in total. The Kier molecular flexibility index (Phi) is 14.3. The molecule has 2 aliphatic heterocycles. The molecule has 49 heavy (non-hydrogen) atoms. The van der Waals surface area contributed by atoms with Crippen LogP contribution in [0.4, 0.5) is 0 Å². The van der Waals surface area contributed by atoms with Gasteiger partial charge in [-0.3, -0.25) is 14.4 Å². The summed E-state index contributed by atoms with van der Waals surface area (Å²) in [5.74, 6) is -5.76. The van der Waals surface area contributed by atoms with Gasteiger partial charge in [0, 0.05) is 23.8 Å². The second kappa shape index (κ2) is 17.1. The number of aliphatic hydroxyl groups excluding tert-OH is 2. The normalized spacial score (nSPS) is 40.4. The van der Waals surface area contributed by atoms with Crippen molar-refractivity contribution in [1.82, 2.24) is 4.90 Å². The van der Waals surface area contributed by atoms with Crippen LogP contribution in [-0.2, 0) is 33.3 Å². The van der Waals surface area contributed by atoms with Crippen molar-refractivity contribution in [3.8, 4) is 0 Å². The summed E-state index contributed by atoms with van der Waals surface area (Å²) < 4.78 is 25.0. The van der Waals surface area contributed by atoms with Crippen LogP contribution in [-0.4, -0.2) is 113 Å². The van der Waals surface area contributed by atoms with Crippen LogP contribution in [0.2, 0.25) is 0 Å². The number of rotatable bonds is 8. The van der Waals surface area contributed by atoms with E-state index in [0.717, 1.165) is 5.56 Å². The van der Waals surface area contributed by atoms with Crippen LogP contribution in [0.25, 0.3) is 6.08 Å². The van der Waals surface area contributed by atoms with Crippen molar-refractivity contribution in [1.29, 1.82) is 0 Å². The van der Waals surface area contributed by atoms with Gasteiger partial charge in [-0.15, -0.1) is 0 Å². The third kappa shape index (κ3) is 9.64. The van der Waals surface area contributed by atoms with Crippen LogP contribution in [0.3, 0.4) is 0 Å². The molecule has 2 fully saturated rings. The number of hydrogen-bond acceptors (Lipinski definition) is 11. The molecule has 3 rings (SSSR count). The van der Waals surface area contributed by atoms with E-state index in [0.29, 0.717) is 6.42 Å². The van der Waals surface area contributed by atoms with Gasteiger partial charge < -0.3 is 39.2 Å². The predicted octanol–water partition coefficient (Wildman–Crippen LogP) is 3.81. The van der Waals surface area contributed by atoms with Gasteiger partial charge in [-0.25, -0.2) is 0 Å². The summed E-state index contributed by atoms with van der Waals surface area (Å²) in [4.78, 5) is 43.5. The fourth-order valence-electron chi connectivity index (χ4n) is 7.36. The van der Waals surface area contributed by atoms with Crippen LogP contribution in [0.5, 0.6) is 0 Å². The molecule has 1 aromatic rings. The molecular weight excluding hydrogens is 630 g/mol. The number of carbonyl (C=O) groups excluding carboxylic acids is 3. The van der Waals surface area contributed by atoms with Crippen molar-refractivity contribution in [2.75, 3.05) is 20.7 Å². The number of Topliss-reactive ketones (excluding diaryl/α,β-unsaturated/α-hetero) is 2. The molecular formula is C38H59NO10. The monoisotopic (exact) mass is 689 g/mol. The zero-order valence-corrected chi connectivity index (χ0v) is 30.9. The van der Waals surface area contributed by atoms with E-state index >= 15 is 0 Å². The largest absolute Gasteiger partial charge is 0.459 e. The number of cyclic esters (lactones) is 1. The Morgan fingerprint density at radius 2 is 1.61 bits per heavy atom. The minimum absolute atomic E-state index is 0.0536. The molecule has 0 aliphatic carbocycles. The molecule has 0 saturated carbocycles. The summed E-state index contributed by atoms with van der Waals surface area (Å²) >= 11 is 0. The number of ketones is 2. The quantitative estimate of drug-likeness (QED) is 0.270. The number of likely N-dealkylation sites (N-methyl/N-ethyl adjacent to an activating group) is 1. The first kappa shape index (κ1) is 40.9. The lowest BCUT2D eigenvalue weighted by molar-refractivity contribution is -0.296. The maximum atomic E-state index is 14.2. The zero-order chi connectivity index (χ0) is 36.8. The number of ether oxygens (including phenoxy) is 4. The first-order valence-corrected chi connectivity index (χ1v) is 17.5. The molecule has 2 saturated heterocycles. The Morgan fingerprint density at radius 3 is 2.20 bits per heavy atom. The van der Waals surface area contributed by atoms with Crippen LogP contribution in [0.15, 0.2) is 36.4 Å². The molecule has 0 amide bonds. The maximum Gasteiger partial charge on any atom is 0.316 e. The fourth-order valence-corrected chi connectivity index (χ4v) is 7.36. The van der Waals surface area contributed by atoms with Gasteiger partial charge in [0.25, 0.3) is 0 Å². The highest BCUT2D eigenvalue weighted by atomic mass is 16.7. The Balaban J connectivity index is 2.13. The van der Waals surface area contributed by atoms with Crippen molar-refractivity contribution < 1.29 is 48.7 Å². The van der Waals surface area contributed by atoms with Crippen LogP contribution in [0.1, 0.15) is 80.2 Å². The maximum absolute atomic E-state index is 14.2. The molecule has 11 heteroatoms. The molecule has 0 bridgehead atoms. The van der Waals surface area contributed by atoms with Gasteiger partial charge >= 0.3 is 5.97 Å². The molecule has 0 spiro atoms. The molecule has 13 atom stereocenters. The minimum atomic E-state index is -1.97. The number of hydrogen-bond donors (Lipinski definition) is 3. The summed E-state index contributed by atoms with van der Waals surface area (Å²) in [6.45, 7) is 13.1. The highest BCUT2D eigenvalue weighted by molar-refractivity contribution is 6.00. The van der Waals surface area contributed by atoms with Crippen LogP contribution in [0, 0.1) is 23.7 Å².